The first kappa shape index (κ1) is 29.4. The second-order valence-electron chi connectivity index (χ2n) is 9.77. The molecule has 0 bridgehead atoms. The number of esters is 1. The molecule has 4 heterocycles. The van der Waals surface area contributed by atoms with E-state index in [1.54, 1.807) is 24.5 Å². The zero-order valence-electron chi connectivity index (χ0n) is 24.6. The second-order valence-corrected chi connectivity index (χ2v) is 9.77. The predicted octanol–water partition coefficient (Wildman–Crippen LogP) is 5.36. The lowest BCUT2D eigenvalue weighted by Gasteiger charge is -2.35. The van der Waals surface area contributed by atoms with E-state index >= 15 is 0 Å². The molecule has 3 aromatic rings. The summed E-state index contributed by atoms with van der Waals surface area (Å²) in [5.41, 5.74) is 4.00. The fraction of sp³-hybridized carbons (Fsp3) is 0.484. The molecule has 0 fully saturated rings. The number of methoxy groups -OCH3 is 1. The zero-order chi connectivity index (χ0) is 29.5. The Morgan fingerprint density at radius 1 is 1.20 bits per heavy atom. The van der Waals surface area contributed by atoms with E-state index in [1.165, 1.54) is 20.1 Å². The Bertz CT molecular complexity index is 1570. The number of hydrogen-bond acceptors (Lipinski definition) is 6. The van der Waals surface area contributed by atoms with Gasteiger partial charge in [0.05, 0.1) is 35.1 Å². The number of pyridine rings is 2. The molecular formula is C31H38FN3O5. The number of aromatic nitrogens is 2. The van der Waals surface area contributed by atoms with E-state index in [-0.39, 0.29) is 36.5 Å². The van der Waals surface area contributed by atoms with E-state index < -0.39 is 11.6 Å². The Morgan fingerprint density at radius 3 is 2.52 bits per heavy atom. The molecule has 40 heavy (non-hydrogen) atoms. The third kappa shape index (κ3) is 4.13. The van der Waals surface area contributed by atoms with Crippen LogP contribution >= 0.6 is 0 Å². The number of carbonyl (C=O) groups excluding carboxylic acids is 2. The summed E-state index contributed by atoms with van der Waals surface area (Å²) in [6.45, 7) is 13.2. The summed E-state index contributed by atoms with van der Waals surface area (Å²) in [6.07, 6.45) is 1.53. The molecule has 2 aromatic heterocycles. The topological polar surface area (TPSA) is 99.5 Å². The van der Waals surface area contributed by atoms with Crippen molar-refractivity contribution in [3.05, 3.63) is 61.7 Å². The Kier molecular flexibility index (Phi) is 8.17. The van der Waals surface area contributed by atoms with Crippen LogP contribution in [0.3, 0.4) is 0 Å². The van der Waals surface area contributed by atoms with Crippen LogP contribution in [-0.2, 0) is 44.2 Å². The average Bonchev–Trinajstić information content (AvgIpc) is 3.33. The van der Waals surface area contributed by atoms with Crippen molar-refractivity contribution in [2.75, 3.05) is 7.11 Å². The van der Waals surface area contributed by atoms with Gasteiger partial charge >= 0.3 is 5.97 Å². The molecule has 6 rings (SSSR count). The quantitative estimate of drug-likeness (QED) is 0.344. The Hall–Kier alpha value is -3.59. The van der Waals surface area contributed by atoms with Gasteiger partial charge in [0.15, 0.2) is 5.60 Å². The molecule has 3 aliphatic rings. The van der Waals surface area contributed by atoms with Crippen molar-refractivity contribution >= 4 is 22.8 Å². The standard InChI is InChI=1S/C27H26FN3O5.2C2H6/c1-5-27(35-4)17-8-21-24-15(10-31(21)25(33)16(17)11-36-26(27)34)23-19(29-13(3)32)7-6-14-12(2)18(28)9-20(30-24)22(14)23;2*1-2/h8-9,19H,5-7,10-11H2,1-4H3,(H,29,32);2*1-2H3. The van der Waals surface area contributed by atoms with E-state index in [0.29, 0.717) is 52.9 Å². The molecule has 0 spiro atoms. The molecule has 1 amide bonds. The van der Waals surface area contributed by atoms with Crippen LogP contribution in [0.4, 0.5) is 4.39 Å². The maximum atomic E-state index is 14.9. The maximum Gasteiger partial charge on any atom is 0.343 e. The molecule has 0 radical (unpaired) electrons. The molecule has 0 saturated heterocycles. The van der Waals surface area contributed by atoms with E-state index in [4.69, 9.17) is 14.5 Å². The number of halogens is 1. The number of rotatable bonds is 3. The van der Waals surface area contributed by atoms with Gasteiger partial charge in [-0.15, -0.1) is 0 Å². The summed E-state index contributed by atoms with van der Waals surface area (Å²) in [6, 6.07) is 2.94. The molecule has 0 saturated carbocycles. The summed E-state index contributed by atoms with van der Waals surface area (Å²) >= 11 is 0. The fourth-order valence-corrected chi connectivity index (χ4v) is 6.27. The van der Waals surface area contributed by atoms with Gasteiger partial charge in [0.25, 0.3) is 5.56 Å². The minimum atomic E-state index is -1.38. The van der Waals surface area contributed by atoms with Crippen LogP contribution in [-0.4, -0.2) is 28.5 Å². The zero-order valence-corrected chi connectivity index (χ0v) is 24.6. The number of nitrogens with one attached hydrogen (secondary N) is 1. The normalized spacial score (nSPS) is 19.7. The average molecular weight is 552 g/mol. The Morgan fingerprint density at radius 2 is 1.90 bits per heavy atom. The van der Waals surface area contributed by atoms with Crippen LogP contribution in [0, 0.1) is 12.7 Å². The molecule has 9 heteroatoms. The van der Waals surface area contributed by atoms with Crippen molar-refractivity contribution < 1.29 is 23.5 Å². The minimum Gasteiger partial charge on any atom is -0.458 e. The smallest absolute Gasteiger partial charge is 0.343 e. The number of fused-ring (bicyclic) bond motifs is 5. The lowest BCUT2D eigenvalue weighted by molar-refractivity contribution is -0.176. The molecule has 214 valence electrons. The lowest BCUT2D eigenvalue weighted by atomic mass is 9.81. The third-order valence-corrected chi connectivity index (χ3v) is 8.07. The van der Waals surface area contributed by atoms with Gasteiger partial charge in [0, 0.05) is 36.6 Å². The third-order valence-electron chi connectivity index (χ3n) is 8.07. The fourth-order valence-electron chi connectivity index (χ4n) is 6.27. The molecule has 2 unspecified atom stereocenters. The number of carbonyl (C=O) groups is 2. The molecule has 1 aliphatic carbocycles. The predicted molar refractivity (Wildman–Crippen MR) is 152 cm³/mol. The Labute approximate surface area is 233 Å². The van der Waals surface area contributed by atoms with Crippen molar-refractivity contribution in [2.24, 2.45) is 0 Å². The summed E-state index contributed by atoms with van der Waals surface area (Å²) in [7, 11) is 1.43. The van der Waals surface area contributed by atoms with Crippen molar-refractivity contribution in [1.82, 2.24) is 14.9 Å². The number of nitrogens with zero attached hydrogens (tertiary/aromatic N) is 2. The van der Waals surface area contributed by atoms with Crippen LogP contribution < -0.4 is 10.9 Å². The van der Waals surface area contributed by atoms with Gasteiger partial charge in [0.1, 0.15) is 12.4 Å². The first-order chi connectivity index (χ1) is 19.2. The lowest BCUT2D eigenvalue weighted by Crippen LogP contribution is -2.45. The van der Waals surface area contributed by atoms with Gasteiger partial charge in [-0.3, -0.25) is 9.59 Å². The second kappa shape index (κ2) is 11.1. The number of cyclic esters (lactones) is 1. The maximum absolute atomic E-state index is 14.9. The summed E-state index contributed by atoms with van der Waals surface area (Å²) in [5, 5.41) is 3.90. The summed E-state index contributed by atoms with van der Waals surface area (Å²) in [4.78, 5) is 43.4. The van der Waals surface area contributed by atoms with Crippen molar-refractivity contribution in [1.29, 1.82) is 0 Å². The van der Waals surface area contributed by atoms with Gasteiger partial charge in [-0.05, 0) is 48.9 Å². The largest absolute Gasteiger partial charge is 0.458 e. The molecule has 2 atom stereocenters. The van der Waals surface area contributed by atoms with E-state index in [1.807, 2.05) is 27.7 Å². The summed E-state index contributed by atoms with van der Waals surface area (Å²) < 4.78 is 27.5. The number of ether oxygens (including phenoxy) is 2. The SMILES string of the molecule is CC.CC.CCC1(OC)C(=O)OCc2c1cc1n(c2=O)Cc2c-1nc1cc(F)c(C)c3c1c2C(NC(C)=O)CC3. The van der Waals surface area contributed by atoms with E-state index in [0.717, 1.165) is 22.1 Å². The molecule has 8 nitrogen and oxygen atoms in total. The van der Waals surface area contributed by atoms with Crippen molar-refractivity contribution in [3.63, 3.8) is 0 Å². The van der Waals surface area contributed by atoms with Crippen LogP contribution in [0.15, 0.2) is 16.9 Å². The van der Waals surface area contributed by atoms with Crippen LogP contribution in [0.5, 0.6) is 0 Å². The van der Waals surface area contributed by atoms with Gasteiger partial charge in [-0.1, -0.05) is 34.6 Å². The van der Waals surface area contributed by atoms with Gasteiger partial charge in [-0.2, -0.15) is 0 Å². The number of aryl methyl sites for hydroxylation is 1. The summed E-state index contributed by atoms with van der Waals surface area (Å²) in [5.74, 6) is -1.02. The minimum absolute atomic E-state index is 0.125. The van der Waals surface area contributed by atoms with Crippen molar-refractivity contribution in [3.8, 4) is 11.4 Å². The highest BCUT2D eigenvalue weighted by Gasteiger charge is 2.47. The molecule has 1 N–H and O–H groups in total. The number of benzene rings is 1. The van der Waals surface area contributed by atoms with E-state index in [9.17, 15) is 18.8 Å². The monoisotopic (exact) mass is 551 g/mol. The van der Waals surface area contributed by atoms with Crippen LogP contribution in [0.1, 0.15) is 93.8 Å². The highest BCUT2D eigenvalue weighted by molar-refractivity contribution is 5.93. The molecule has 2 aliphatic heterocycles. The van der Waals surface area contributed by atoms with Gasteiger partial charge < -0.3 is 19.4 Å². The van der Waals surface area contributed by atoms with Gasteiger partial charge in [0.2, 0.25) is 5.91 Å². The molecule has 1 aromatic carbocycles. The Balaban J connectivity index is 0.000000886. The van der Waals surface area contributed by atoms with E-state index in [2.05, 4.69) is 5.32 Å². The van der Waals surface area contributed by atoms with Crippen LogP contribution in [0.25, 0.3) is 22.3 Å². The van der Waals surface area contributed by atoms with Crippen molar-refractivity contribution in [2.45, 2.75) is 92.5 Å². The number of hydrogen-bond donors (Lipinski definition) is 1. The first-order valence-corrected chi connectivity index (χ1v) is 14.1. The number of amides is 1. The highest BCUT2D eigenvalue weighted by Crippen LogP contribution is 2.46. The highest BCUT2D eigenvalue weighted by atomic mass is 19.1. The van der Waals surface area contributed by atoms with Crippen LogP contribution in [0.2, 0.25) is 0 Å². The van der Waals surface area contributed by atoms with Gasteiger partial charge in [-0.25, -0.2) is 14.2 Å². The molecular weight excluding hydrogens is 513 g/mol. The first-order valence-electron chi connectivity index (χ1n) is 14.1.